The van der Waals surface area contributed by atoms with Gasteiger partial charge in [-0.15, -0.1) is 0 Å². The second-order valence-corrected chi connectivity index (χ2v) is 9.86. The fourth-order valence-corrected chi connectivity index (χ4v) is 5.05. The monoisotopic (exact) mass is 523 g/mol. The molecule has 2 aromatic carbocycles. The Bertz CT molecular complexity index is 1090. The standard InChI is InChI=1S/C23H26ClN3O7S/c1-16-14-25(8-9-26(16)19-5-2-4-18(24)13-19)23(30)17-6-7-21(20(12-17)27(31)32)35(33)15-22(29)34-11-3-10-28/h2,4-7,12-13,16,28H,3,8-11,14-15H2,1H3/t16-,35?/m1/s1. The number of carbonyl (C=O) groups excluding carboxylic acids is 2. The number of carbonyl (C=O) groups is 2. The summed E-state index contributed by atoms with van der Waals surface area (Å²) in [6.07, 6.45) is 0.237. The molecule has 1 saturated heterocycles. The van der Waals surface area contributed by atoms with E-state index in [0.717, 1.165) is 11.8 Å². The molecule has 12 heteroatoms. The van der Waals surface area contributed by atoms with Crippen LogP contribution in [-0.2, 0) is 20.7 Å². The number of halogens is 1. The molecule has 0 radical (unpaired) electrons. The van der Waals surface area contributed by atoms with Crippen LogP contribution in [0.1, 0.15) is 23.7 Å². The molecule has 1 fully saturated rings. The smallest absolute Gasteiger partial charge is 0.356 e. The van der Waals surface area contributed by atoms with E-state index in [1.165, 1.54) is 12.1 Å². The van der Waals surface area contributed by atoms with Crippen LogP contribution in [0.4, 0.5) is 11.4 Å². The van der Waals surface area contributed by atoms with Crippen molar-refractivity contribution in [2.75, 3.05) is 43.5 Å². The summed E-state index contributed by atoms with van der Waals surface area (Å²) in [5, 5.41) is 21.0. The van der Waals surface area contributed by atoms with Gasteiger partial charge in [0.1, 0.15) is 0 Å². The predicted octanol–water partition coefficient (Wildman–Crippen LogP) is 2.63. The van der Waals surface area contributed by atoms with Gasteiger partial charge in [0, 0.05) is 78.3 Å². The molecule has 0 spiro atoms. The quantitative estimate of drug-likeness (QED) is 0.174. The van der Waals surface area contributed by atoms with Crippen LogP contribution >= 0.6 is 11.6 Å². The highest BCUT2D eigenvalue weighted by atomic mass is 35.5. The summed E-state index contributed by atoms with van der Waals surface area (Å²) >= 11 is 4.07. The molecular weight excluding hydrogens is 498 g/mol. The Labute approximate surface area is 210 Å². The lowest BCUT2D eigenvalue weighted by atomic mass is 10.1. The molecule has 1 unspecified atom stereocenters. The van der Waals surface area contributed by atoms with Crippen molar-refractivity contribution in [3.8, 4) is 0 Å². The molecule has 10 nitrogen and oxygen atoms in total. The number of anilines is 1. The topological polar surface area (TPSA) is 136 Å². The van der Waals surface area contributed by atoms with E-state index < -0.39 is 33.5 Å². The number of hydrogen-bond donors (Lipinski definition) is 1. The number of piperazine rings is 1. The normalized spacial score (nSPS) is 16.6. The van der Waals surface area contributed by atoms with Gasteiger partial charge in [-0.05, 0) is 31.2 Å². The first-order valence-electron chi connectivity index (χ1n) is 11.0. The van der Waals surface area contributed by atoms with Gasteiger partial charge in [-0.1, -0.05) is 17.7 Å². The Kier molecular flexibility index (Phi) is 9.33. The maximum absolute atomic E-state index is 13.1. The summed E-state index contributed by atoms with van der Waals surface area (Å²) in [7, 11) is 0. The third-order valence-electron chi connectivity index (χ3n) is 5.52. The molecule has 2 atom stereocenters. The lowest BCUT2D eigenvalue weighted by molar-refractivity contribution is -0.387. The van der Waals surface area contributed by atoms with Crippen LogP contribution < -0.4 is 4.90 Å². The molecule has 1 heterocycles. The number of nitro benzene ring substituents is 1. The van der Waals surface area contributed by atoms with Crippen LogP contribution in [0.15, 0.2) is 47.4 Å². The van der Waals surface area contributed by atoms with Crippen molar-refractivity contribution in [3.63, 3.8) is 0 Å². The Morgan fingerprint density at radius 2 is 2.03 bits per heavy atom. The maximum atomic E-state index is 13.1. The van der Waals surface area contributed by atoms with Crippen LogP contribution in [-0.4, -0.2) is 76.0 Å². The van der Waals surface area contributed by atoms with E-state index in [9.17, 15) is 24.3 Å². The number of nitro groups is 1. The highest BCUT2D eigenvalue weighted by Crippen LogP contribution is 2.28. The number of rotatable bonds is 9. The van der Waals surface area contributed by atoms with Crippen molar-refractivity contribution < 1.29 is 28.9 Å². The van der Waals surface area contributed by atoms with E-state index in [4.69, 9.17) is 21.4 Å². The molecule has 188 valence electrons. The Morgan fingerprint density at radius 1 is 1.26 bits per heavy atom. The Hall–Kier alpha value is -2.86. The lowest BCUT2D eigenvalue weighted by Crippen LogP contribution is -2.53. The minimum atomic E-state index is -2.03. The number of hydrogen-bond acceptors (Lipinski definition) is 8. The zero-order chi connectivity index (χ0) is 25.5. The summed E-state index contributed by atoms with van der Waals surface area (Å²) in [4.78, 5) is 39.4. The van der Waals surface area contributed by atoms with Gasteiger partial charge in [-0.25, -0.2) is 4.79 Å². The van der Waals surface area contributed by atoms with Crippen LogP contribution in [0.5, 0.6) is 0 Å². The summed E-state index contributed by atoms with van der Waals surface area (Å²) < 4.78 is 17.4. The fourth-order valence-electron chi connectivity index (χ4n) is 3.83. The number of esters is 1. The minimum absolute atomic E-state index is 0.00947. The molecule has 0 aliphatic carbocycles. The first-order valence-corrected chi connectivity index (χ1v) is 12.7. The molecule has 0 bridgehead atoms. The van der Waals surface area contributed by atoms with E-state index >= 15 is 0 Å². The molecule has 1 amide bonds. The van der Waals surface area contributed by atoms with Gasteiger partial charge >= 0.3 is 11.7 Å². The van der Waals surface area contributed by atoms with Crippen LogP contribution in [0.25, 0.3) is 0 Å². The zero-order valence-electron chi connectivity index (χ0n) is 19.1. The van der Waals surface area contributed by atoms with E-state index in [-0.39, 0.29) is 42.0 Å². The van der Waals surface area contributed by atoms with E-state index in [0.29, 0.717) is 24.7 Å². The first-order chi connectivity index (χ1) is 16.7. The number of aliphatic hydroxyl groups excluding tert-OH is 1. The van der Waals surface area contributed by atoms with E-state index in [1.807, 2.05) is 25.1 Å². The van der Waals surface area contributed by atoms with Crippen molar-refractivity contribution in [2.24, 2.45) is 0 Å². The second-order valence-electron chi connectivity index (χ2n) is 8.00. The van der Waals surface area contributed by atoms with Gasteiger partial charge in [0.15, 0.2) is 0 Å². The molecule has 1 aliphatic rings. The van der Waals surface area contributed by atoms with Crippen LogP contribution in [0.2, 0.25) is 5.02 Å². The second kappa shape index (κ2) is 12.2. The number of ether oxygens (including phenoxy) is 1. The van der Waals surface area contributed by atoms with Crippen molar-refractivity contribution in [2.45, 2.75) is 24.3 Å². The summed E-state index contributed by atoms with van der Waals surface area (Å²) in [6.45, 7) is 3.17. The number of aliphatic hydroxyl groups is 1. The van der Waals surface area contributed by atoms with Crippen molar-refractivity contribution in [1.82, 2.24) is 4.90 Å². The summed E-state index contributed by atoms with van der Waals surface area (Å²) in [5.41, 5.74) is 0.559. The third-order valence-corrected chi connectivity index (χ3v) is 7.09. The van der Waals surface area contributed by atoms with Gasteiger partial charge < -0.3 is 24.2 Å². The van der Waals surface area contributed by atoms with Gasteiger partial charge in [0.25, 0.3) is 5.91 Å². The van der Waals surface area contributed by atoms with Crippen molar-refractivity contribution in [3.05, 3.63) is 63.2 Å². The van der Waals surface area contributed by atoms with Crippen LogP contribution in [0.3, 0.4) is 0 Å². The third kappa shape index (κ3) is 6.85. The molecule has 3 rings (SSSR count). The van der Waals surface area contributed by atoms with Gasteiger partial charge in [0.2, 0.25) is 10.6 Å². The highest BCUT2D eigenvalue weighted by molar-refractivity contribution is 7.92. The zero-order valence-corrected chi connectivity index (χ0v) is 20.7. The number of nitrogens with zero attached hydrogens (tertiary/aromatic N) is 3. The molecule has 35 heavy (non-hydrogen) atoms. The van der Waals surface area contributed by atoms with E-state index in [1.54, 1.807) is 11.0 Å². The fraction of sp³-hybridized carbons (Fsp3) is 0.391. The molecule has 0 saturated carbocycles. The van der Waals surface area contributed by atoms with Gasteiger partial charge in [-0.3, -0.25) is 14.9 Å². The molecule has 2 aromatic rings. The maximum Gasteiger partial charge on any atom is 0.356 e. The number of amides is 1. The Balaban J connectivity index is 1.70. The number of benzene rings is 2. The average molecular weight is 524 g/mol. The van der Waals surface area contributed by atoms with Crippen molar-refractivity contribution in [1.29, 1.82) is 0 Å². The minimum Gasteiger partial charge on any atom is -0.611 e. The average Bonchev–Trinajstić information content (AvgIpc) is 2.83. The van der Waals surface area contributed by atoms with Gasteiger partial charge in [0.05, 0.1) is 11.5 Å². The lowest BCUT2D eigenvalue weighted by Gasteiger charge is -2.41. The molecule has 1 N–H and O–H groups in total. The van der Waals surface area contributed by atoms with Crippen molar-refractivity contribution >= 4 is 46.0 Å². The molecular formula is C23H26ClN3O7S. The van der Waals surface area contributed by atoms with Gasteiger partial charge in [-0.2, -0.15) is 0 Å². The summed E-state index contributed by atoms with van der Waals surface area (Å²) in [5.74, 6) is -1.73. The first kappa shape index (κ1) is 26.7. The Morgan fingerprint density at radius 3 is 2.69 bits per heavy atom. The predicted molar refractivity (Wildman–Crippen MR) is 131 cm³/mol. The summed E-state index contributed by atoms with van der Waals surface area (Å²) in [6, 6.07) is 11.2. The largest absolute Gasteiger partial charge is 0.611 e. The highest BCUT2D eigenvalue weighted by Gasteiger charge is 2.32. The molecule has 1 aliphatic heterocycles. The SMILES string of the molecule is C[C@@H]1CN(C(=O)c2ccc([S+]([O-])CC(=O)OCCCO)c([N+](=O)[O-])c2)CCN1c1cccc(Cl)c1. The molecule has 0 aromatic heterocycles. The van der Waals surface area contributed by atoms with Crippen LogP contribution in [0, 0.1) is 10.1 Å². The van der Waals surface area contributed by atoms with E-state index in [2.05, 4.69) is 4.90 Å².